The fraction of sp³-hybridized carbons (Fsp3) is 0.400. The summed E-state index contributed by atoms with van der Waals surface area (Å²) in [6.07, 6.45) is 7.50. The maximum Gasteiger partial charge on any atom is 0.182 e. The highest BCUT2D eigenvalue weighted by Gasteiger charge is 2.31. The average Bonchev–Trinajstić information content (AvgIpc) is 3.53. The van der Waals surface area contributed by atoms with Gasteiger partial charge in [0.15, 0.2) is 5.65 Å². The number of fused-ring (bicyclic) bond motifs is 1. The summed E-state index contributed by atoms with van der Waals surface area (Å²) in [5, 5.41) is 3.15. The van der Waals surface area contributed by atoms with Crippen molar-refractivity contribution in [3.05, 3.63) is 64.7 Å². The first kappa shape index (κ1) is 24.8. The molecule has 1 atom stereocenters. The Labute approximate surface area is 216 Å². The molecule has 11 heteroatoms. The number of nitrogens with zero attached hydrogens (tertiary/aromatic N) is 6. The number of aromatic nitrogens is 6. The highest BCUT2D eigenvalue weighted by molar-refractivity contribution is 6.39. The second-order valence-electron chi connectivity index (χ2n) is 9.33. The molecule has 1 aliphatic carbocycles. The normalized spacial score (nSPS) is 19.1. The van der Waals surface area contributed by atoms with Crippen molar-refractivity contribution in [3.63, 3.8) is 0 Å². The molecule has 1 saturated carbocycles. The fourth-order valence-corrected chi connectivity index (χ4v) is 4.33. The molecule has 180 valence electrons. The van der Waals surface area contributed by atoms with Gasteiger partial charge < -0.3 is 4.74 Å². The summed E-state index contributed by atoms with van der Waals surface area (Å²) in [4.78, 5) is 18.4. The molecule has 1 unspecified atom stereocenters. The molecule has 0 amide bonds. The number of hydrogen-bond acceptors (Lipinski definition) is 6. The van der Waals surface area contributed by atoms with Gasteiger partial charge in [0.1, 0.15) is 22.9 Å². The minimum Gasteiger partial charge on any atom is -0.394 e. The van der Waals surface area contributed by atoms with Crippen molar-refractivity contribution < 1.29 is 9.13 Å². The van der Waals surface area contributed by atoms with Crippen LogP contribution < -0.4 is 0 Å². The molecule has 4 heterocycles. The van der Waals surface area contributed by atoms with Crippen molar-refractivity contribution >= 4 is 38.5 Å². The molecule has 7 nitrogen and oxygen atoms in total. The van der Waals surface area contributed by atoms with Crippen LogP contribution in [0.5, 0.6) is 0 Å². The largest absolute Gasteiger partial charge is 0.394 e. The molecular weight excluding hydrogens is 476 g/mol. The van der Waals surface area contributed by atoms with Crippen LogP contribution in [0.1, 0.15) is 54.9 Å². The molecule has 36 heavy (non-hydrogen) atoms. The van der Waals surface area contributed by atoms with Gasteiger partial charge in [0, 0.05) is 35.5 Å². The summed E-state index contributed by atoms with van der Waals surface area (Å²) in [6.45, 7) is 4.08. The van der Waals surface area contributed by atoms with Crippen molar-refractivity contribution in [1.29, 1.82) is 0 Å². The third-order valence-corrected chi connectivity index (χ3v) is 6.59. The summed E-state index contributed by atoms with van der Waals surface area (Å²) < 4.78 is 22.1. The van der Waals surface area contributed by atoms with Gasteiger partial charge in [0.05, 0.1) is 33.1 Å². The van der Waals surface area contributed by atoms with Gasteiger partial charge in [-0.2, -0.15) is 5.10 Å². The molecule has 6 rings (SSSR count). The lowest BCUT2D eigenvalue weighted by molar-refractivity contribution is 0.0267. The zero-order valence-electron chi connectivity index (χ0n) is 20.2. The molecule has 0 bridgehead atoms. The molecule has 0 N–H and O–H groups in total. The highest BCUT2D eigenvalue weighted by Crippen LogP contribution is 2.35. The molecule has 3 aromatic heterocycles. The molecule has 2 fully saturated rings. The first-order valence-corrected chi connectivity index (χ1v) is 12.3. The van der Waals surface area contributed by atoms with Crippen LogP contribution in [0.3, 0.4) is 0 Å². The third-order valence-electron chi connectivity index (χ3n) is 6.36. The first-order chi connectivity index (χ1) is 17.2. The van der Waals surface area contributed by atoms with Crippen LogP contribution in [0.25, 0.3) is 22.4 Å². The van der Waals surface area contributed by atoms with Crippen molar-refractivity contribution in [2.24, 2.45) is 0 Å². The van der Waals surface area contributed by atoms with E-state index < -0.39 is 11.2 Å². The number of aryl methyl sites for hydroxylation is 2. The van der Waals surface area contributed by atoms with Crippen LogP contribution in [0.2, 0.25) is 5.02 Å². The lowest BCUT2D eigenvalue weighted by atomic mass is 9.59. The lowest BCUT2D eigenvalue weighted by Gasteiger charge is -2.36. The Morgan fingerprint density at radius 2 is 1.86 bits per heavy atom. The van der Waals surface area contributed by atoms with Crippen LogP contribution >= 0.6 is 11.6 Å². The highest BCUT2D eigenvalue weighted by atomic mass is 35.5. The minimum absolute atomic E-state index is 0.134. The van der Waals surface area contributed by atoms with Crippen LogP contribution in [-0.4, -0.2) is 57.4 Å². The standard InChI is InChI=1S/C19H16B2ClFN4O.C6H8N2/c1-9-10(2)25-18-16(24-9)15(13-4-3-12(22)7-14(13)23)26-17(27-18)11-5-6-28-19(20,21)8-11;1-4-7-8(5-1)6-2-3-6/h3-4,7,11H,5-6,8H2,1-2H3;1,4-6H,2-3H2. The van der Waals surface area contributed by atoms with E-state index in [-0.39, 0.29) is 11.5 Å². The van der Waals surface area contributed by atoms with Crippen LogP contribution in [0.4, 0.5) is 4.39 Å². The Kier molecular flexibility index (Phi) is 6.83. The van der Waals surface area contributed by atoms with E-state index in [1.165, 1.54) is 18.9 Å². The fourth-order valence-electron chi connectivity index (χ4n) is 4.17. The van der Waals surface area contributed by atoms with Crippen molar-refractivity contribution in [2.75, 3.05) is 6.61 Å². The number of ether oxygens (including phenoxy) is 1. The zero-order chi connectivity index (χ0) is 25.4. The first-order valence-electron chi connectivity index (χ1n) is 11.9. The van der Waals surface area contributed by atoms with Gasteiger partial charge in [-0.1, -0.05) is 11.6 Å². The van der Waals surface area contributed by atoms with Gasteiger partial charge in [0.25, 0.3) is 0 Å². The molecule has 2 aliphatic rings. The predicted octanol–water partition coefficient (Wildman–Crippen LogP) is 4.60. The van der Waals surface area contributed by atoms with Crippen LogP contribution in [-0.2, 0) is 4.74 Å². The van der Waals surface area contributed by atoms with E-state index in [1.54, 1.807) is 12.1 Å². The Morgan fingerprint density at radius 3 is 2.53 bits per heavy atom. The molecule has 4 aromatic rings. The molecule has 1 saturated heterocycles. The molecule has 1 aliphatic heterocycles. The van der Waals surface area contributed by atoms with E-state index in [2.05, 4.69) is 25.0 Å². The van der Waals surface area contributed by atoms with E-state index in [0.717, 1.165) is 17.4 Å². The van der Waals surface area contributed by atoms with Crippen LogP contribution in [0.15, 0.2) is 36.7 Å². The van der Waals surface area contributed by atoms with E-state index in [1.807, 2.05) is 37.0 Å². The maximum atomic E-state index is 14.7. The third kappa shape index (κ3) is 5.44. The number of hydrogen-bond donors (Lipinski definition) is 0. The van der Waals surface area contributed by atoms with Gasteiger partial charge in [-0.25, -0.2) is 24.3 Å². The van der Waals surface area contributed by atoms with Gasteiger partial charge in [0.2, 0.25) is 0 Å². The summed E-state index contributed by atoms with van der Waals surface area (Å²) >= 11 is 5.91. The Morgan fingerprint density at radius 1 is 1.08 bits per heavy atom. The van der Waals surface area contributed by atoms with Crippen molar-refractivity contribution in [1.82, 2.24) is 29.7 Å². The summed E-state index contributed by atoms with van der Waals surface area (Å²) in [5.41, 5.74) is 2.98. The summed E-state index contributed by atoms with van der Waals surface area (Å²) in [6, 6.07) is 7.16. The average molecular weight is 501 g/mol. The lowest BCUT2D eigenvalue weighted by Crippen LogP contribution is -2.40. The topological polar surface area (TPSA) is 78.6 Å². The quantitative estimate of drug-likeness (QED) is 0.383. The molecule has 1 aromatic carbocycles. The minimum atomic E-state index is -1.25. The number of benzene rings is 1. The molecule has 0 spiro atoms. The molecule has 4 radical (unpaired) electrons. The number of halogens is 2. The van der Waals surface area contributed by atoms with Crippen LogP contribution in [0, 0.1) is 19.7 Å². The van der Waals surface area contributed by atoms with Gasteiger partial charge >= 0.3 is 0 Å². The van der Waals surface area contributed by atoms with Gasteiger partial charge in [-0.15, -0.1) is 0 Å². The second-order valence-corrected chi connectivity index (χ2v) is 9.77. The smallest absolute Gasteiger partial charge is 0.182 e. The summed E-state index contributed by atoms with van der Waals surface area (Å²) in [5.74, 6) is -0.124. The molecular formula is C25H24B2ClFN6O. The monoisotopic (exact) mass is 500 g/mol. The van der Waals surface area contributed by atoms with E-state index in [4.69, 9.17) is 32.0 Å². The zero-order valence-corrected chi connectivity index (χ0v) is 20.9. The predicted molar refractivity (Wildman–Crippen MR) is 138 cm³/mol. The Bertz CT molecular complexity index is 1400. The Hall–Kier alpha value is -2.84. The maximum absolute atomic E-state index is 14.7. The SMILES string of the molecule is [B]C1([B])CC(c2nc(-c3ccc(Cl)cc3F)c3nc(C)c(C)nc3n2)CCO1.c1cnn(C2CC2)c1. The second kappa shape index (κ2) is 9.90. The van der Waals surface area contributed by atoms with Gasteiger partial charge in [-0.05, 0) is 69.2 Å². The van der Waals surface area contributed by atoms with Gasteiger partial charge in [-0.3, -0.25) is 4.68 Å². The van der Waals surface area contributed by atoms with E-state index in [0.29, 0.717) is 47.2 Å². The number of rotatable bonds is 3. The summed E-state index contributed by atoms with van der Waals surface area (Å²) in [7, 11) is 11.9. The van der Waals surface area contributed by atoms with Crippen molar-refractivity contribution in [3.8, 4) is 11.3 Å². The Balaban J connectivity index is 0.000000280. The van der Waals surface area contributed by atoms with E-state index in [9.17, 15) is 4.39 Å². The van der Waals surface area contributed by atoms with Crippen molar-refractivity contribution in [2.45, 2.75) is 56.9 Å². The van der Waals surface area contributed by atoms with E-state index >= 15 is 0 Å².